The second kappa shape index (κ2) is 17.1. The first-order valence-corrected chi connectivity index (χ1v) is 16.8. The number of hydrogen-bond donors (Lipinski definition) is 5. The van der Waals surface area contributed by atoms with Gasteiger partial charge in [-0.1, -0.05) is 0 Å². The Labute approximate surface area is 350 Å². The molecule has 0 bridgehead atoms. The summed E-state index contributed by atoms with van der Waals surface area (Å²) in [5, 5.41) is 45.7. The fourth-order valence-corrected chi connectivity index (χ4v) is 5.65. The minimum atomic E-state index is -5.26. The number of nitro benzene ring substituents is 2. The molecule has 272 valence electrons. The molecule has 0 heterocycles. The number of aromatic hydroxyl groups is 1. The number of fused-ring (bicyclic) bond motifs is 1. The van der Waals surface area contributed by atoms with Crippen molar-refractivity contribution in [2.45, 2.75) is 9.79 Å². The topological polar surface area (TPSA) is 381 Å². The molecule has 0 radical (unpaired) electrons. The van der Waals surface area contributed by atoms with Gasteiger partial charge < -0.3 is 25.7 Å². The molecule has 23 nitrogen and oxygen atoms in total. The van der Waals surface area contributed by atoms with Crippen LogP contribution >= 0.6 is 0 Å². The van der Waals surface area contributed by atoms with Gasteiger partial charge in [-0.15, -0.1) is 5.11 Å². The van der Waals surface area contributed by atoms with Crippen molar-refractivity contribution >= 4 is 76.5 Å². The van der Waals surface area contributed by atoms with Crippen molar-refractivity contribution in [3.05, 3.63) is 118 Å². The van der Waals surface area contributed by atoms with E-state index < -0.39 is 95.3 Å². The minimum Gasteiger partial charge on any atom is -0.744 e. The van der Waals surface area contributed by atoms with Crippen LogP contribution < -0.4 is 103 Å². The predicted octanol–water partition coefficient (Wildman–Crippen LogP) is -4.79. The van der Waals surface area contributed by atoms with E-state index in [1.54, 1.807) is 0 Å². The van der Waals surface area contributed by atoms with Crippen LogP contribution in [-0.2, 0) is 20.2 Å². The van der Waals surface area contributed by atoms with E-state index in [2.05, 4.69) is 31.3 Å². The third kappa shape index (κ3) is 9.91. The first-order chi connectivity index (χ1) is 24.7. The van der Waals surface area contributed by atoms with Gasteiger partial charge in [0, 0.05) is 23.6 Å². The molecule has 0 aliphatic rings. The van der Waals surface area contributed by atoms with Crippen molar-refractivity contribution in [1.29, 1.82) is 0 Å². The van der Waals surface area contributed by atoms with Gasteiger partial charge in [-0.3, -0.25) is 40.7 Å². The van der Waals surface area contributed by atoms with E-state index in [0.717, 1.165) is 42.5 Å². The predicted molar refractivity (Wildman–Crippen MR) is 180 cm³/mol. The number of azo groups is 1. The molecule has 27 heteroatoms. The quantitative estimate of drug-likeness (QED) is 0.0221. The molecule has 0 aliphatic heterocycles. The summed E-state index contributed by atoms with van der Waals surface area (Å²) in [5.41, 5.74) is 10.8. The van der Waals surface area contributed by atoms with Gasteiger partial charge in [0.15, 0.2) is 5.36 Å². The summed E-state index contributed by atoms with van der Waals surface area (Å²) >= 11 is 0. The largest absolute Gasteiger partial charge is 1.00 e. The van der Waals surface area contributed by atoms with Crippen molar-refractivity contribution in [1.82, 2.24) is 0 Å². The number of rotatable bonds is 10. The summed E-state index contributed by atoms with van der Waals surface area (Å²) in [7, 11) is -10.4. The van der Waals surface area contributed by atoms with E-state index >= 15 is 0 Å². The Balaban J connectivity index is 0.00000406. The zero-order chi connectivity index (χ0) is 39.0. The summed E-state index contributed by atoms with van der Waals surface area (Å²) in [5.74, 6) is -0.888. The molecule has 0 fully saturated rings. The number of anilines is 4. The second-order valence-corrected chi connectivity index (χ2v) is 13.3. The van der Waals surface area contributed by atoms with Gasteiger partial charge in [0.25, 0.3) is 11.4 Å². The molecule has 0 unspecified atom stereocenters. The molecule has 55 heavy (non-hydrogen) atoms. The van der Waals surface area contributed by atoms with Gasteiger partial charge in [0.05, 0.1) is 36.7 Å². The fourth-order valence-electron chi connectivity index (χ4n) is 4.59. The second-order valence-electron chi connectivity index (χ2n) is 10.5. The van der Waals surface area contributed by atoms with Gasteiger partial charge in [-0.05, 0) is 53.9 Å². The number of hydrogen-bond acceptors (Lipinski definition) is 21. The molecule has 0 atom stereocenters. The van der Waals surface area contributed by atoms with Crippen LogP contribution in [0.1, 0.15) is 0 Å². The van der Waals surface area contributed by atoms with Gasteiger partial charge in [0.2, 0.25) is 10.9 Å². The standard InChI is InChI=1S/C28H20N10O13S2.2Na/c29-17-7-13(1-3-22(17)37(42)43)31-34-20-11-21(28(41)26(27(20)40)36-32-14-2-4-23(38(44)45)18(30)8-14)35-33-19-9-15(52(46,47)48)5-12-6-16(53(49,50)51)10-24(39)25(12)19;;/h1-11,32-33,39H,29-30H2,(H,46,47,48)(H,49,50,51);;/q;2*+1/p-2. The van der Waals surface area contributed by atoms with Gasteiger partial charge in [0.1, 0.15) is 48.4 Å². The van der Waals surface area contributed by atoms with Crippen LogP contribution in [0.15, 0.2) is 107 Å². The first-order valence-electron chi connectivity index (χ1n) is 13.9. The number of phenolic OH excluding ortho intramolecular Hbond substituents is 1. The van der Waals surface area contributed by atoms with E-state index in [1.807, 2.05) is 0 Å². The van der Waals surface area contributed by atoms with Crippen LogP contribution in [-0.4, -0.2) is 40.9 Å². The Kier molecular flexibility index (Phi) is 13.7. The molecule has 0 spiro atoms. The van der Waals surface area contributed by atoms with Gasteiger partial charge >= 0.3 is 59.1 Å². The zero-order valence-electron chi connectivity index (χ0n) is 27.9. The van der Waals surface area contributed by atoms with Crippen molar-refractivity contribution < 1.29 is 100 Å². The third-order valence-electron chi connectivity index (χ3n) is 7.02. The van der Waals surface area contributed by atoms with Crippen LogP contribution in [0.3, 0.4) is 0 Å². The van der Waals surface area contributed by atoms with Gasteiger partial charge in [-0.25, -0.2) is 16.8 Å². The van der Waals surface area contributed by atoms with E-state index in [-0.39, 0.29) is 87.3 Å². The first kappa shape index (κ1) is 44.2. The number of phenols is 1. The summed E-state index contributed by atoms with van der Waals surface area (Å²) in [4.78, 5) is 45.6. The molecular formula is C28H18N10Na2O13S2. The molecule has 5 rings (SSSR count). The Morgan fingerprint density at radius 2 is 1.25 bits per heavy atom. The maximum Gasteiger partial charge on any atom is 1.00 e. The maximum absolute atomic E-state index is 13.5. The molecular weight excluding hydrogens is 794 g/mol. The number of nitrogens with zero attached hydrogens (tertiary/aromatic N) is 6. The molecule has 5 aromatic rings. The summed E-state index contributed by atoms with van der Waals surface area (Å²) in [6.07, 6.45) is 0. The Morgan fingerprint density at radius 3 is 1.80 bits per heavy atom. The summed E-state index contributed by atoms with van der Waals surface area (Å²) in [6.45, 7) is 0. The Bertz CT molecular complexity index is 2900. The number of nitrogens with two attached hydrogens (primary N) is 2. The van der Waals surface area contributed by atoms with E-state index in [1.165, 1.54) is 0 Å². The average Bonchev–Trinajstić information content (AvgIpc) is 3.05. The Morgan fingerprint density at radius 1 is 0.691 bits per heavy atom. The Hall–Kier alpha value is -5.22. The number of benzene rings is 5. The molecule has 0 amide bonds. The third-order valence-corrected chi connectivity index (χ3v) is 8.65. The maximum atomic E-state index is 13.5. The van der Waals surface area contributed by atoms with E-state index in [0.29, 0.717) is 24.3 Å². The SMILES string of the molecule is Nc1cc(N=Nc2cc(=NNc3cc(S(=O)(=O)[O-])cc4cc(S(=O)(=O)[O-])cc(O)c34)c(=O)c(=NNc3ccc([N+](=O)[O-])c(N)c3)c2=O)ccc1[N+](=O)[O-].[Na+].[Na+]. The van der Waals surface area contributed by atoms with Crippen LogP contribution in [0.25, 0.3) is 10.8 Å². The van der Waals surface area contributed by atoms with Crippen molar-refractivity contribution in [3.63, 3.8) is 0 Å². The van der Waals surface area contributed by atoms with Gasteiger partial charge in [-0.2, -0.15) is 15.3 Å². The van der Waals surface area contributed by atoms with E-state index in [4.69, 9.17) is 11.5 Å². The minimum absolute atomic E-state index is 0. The zero-order valence-corrected chi connectivity index (χ0v) is 33.5. The monoisotopic (exact) mass is 812 g/mol. The number of nitro groups is 2. The normalized spacial score (nSPS) is 12.3. The van der Waals surface area contributed by atoms with Crippen LogP contribution in [0.5, 0.6) is 5.75 Å². The number of nitrogens with one attached hydrogen (secondary N) is 2. The molecule has 0 saturated carbocycles. The van der Waals surface area contributed by atoms with Crippen molar-refractivity contribution in [2.24, 2.45) is 20.4 Å². The molecule has 0 aromatic heterocycles. The van der Waals surface area contributed by atoms with E-state index in [9.17, 15) is 60.9 Å². The molecule has 0 saturated heterocycles. The van der Waals surface area contributed by atoms with Crippen LogP contribution in [0, 0.1) is 20.2 Å². The summed E-state index contributed by atoms with van der Waals surface area (Å²) in [6, 6.07) is 9.83. The number of nitrogen functional groups attached to an aromatic ring is 2. The van der Waals surface area contributed by atoms with Crippen molar-refractivity contribution in [2.75, 3.05) is 22.3 Å². The average molecular weight is 813 g/mol. The van der Waals surface area contributed by atoms with Crippen LogP contribution in [0.4, 0.5) is 45.5 Å². The molecule has 5 aromatic carbocycles. The van der Waals surface area contributed by atoms with Crippen molar-refractivity contribution in [3.8, 4) is 5.75 Å². The fraction of sp³-hybridized carbons (Fsp3) is 0. The summed E-state index contributed by atoms with van der Waals surface area (Å²) < 4.78 is 70.5. The smallest absolute Gasteiger partial charge is 0.744 e. The molecule has 0 aliphatic carbocycles. The molecule has 7 N–H and O–H groups in total. The van der Waals surface area contributed by atoms with Crippen LogP contribution in [0.2, 0.25) is 0 Å².